The van der Waals surface area contributed by atoms with Crippen molar-refractivity contribution in [3.8, 4) is 11.5 Å². The van der Waals surface area contributed by atoms with Crippen LogP contribution in [0.5, 0.6) is 11.5 Å². The number of alkyl halides is 3. The van der Waals surface area contributed by atoms with Crippen molar-refractivity contribution in [3.05, 3.63) is 59.7 Å². The van der Waals surface area contributed by atoms with Gasteiger partial charge >= 0.3 is 6.18 Å². The van der Waals surface area contributed by atoms with Crippen LogP contribution < -0.4 is 9.47 Å². The van der Waals surface area contributed by atoms with Crippen LogP contribution in [0.1, 0.15) is 22.8 Å². The van der Waals surface area contributed by atoms with Gasteiger partial charge in [-0.3, -0.25) is 9.59 Å². The largest absolute Gasteiger partial charge is 0.482 e. The average Bonchev–Trinajstić information content (AvgIpc) is 2.77. The zero-order chi connectivity index (χ0) is 22.2. The van der Waals surface area contributed by atoms with Crippen LogP contribution in [0.3, 0.4) is 0 Å². The standard InChI is InChI=1S/C22H21F3N2O4/c1-14-19(31-18-8-3-2-7-17(18)30-14)21(29)27-11-9-26(10-12-27)20(28)15-5-4-6-16(13-15)22(23,24)25/h2-8,13-14,19H,9-12H2,1H3. The molecular formula is C22H21F3N2O4. The first-order valence-corrected chi connectivity index (χ1v) is 9.92. The molecule has 4 rings (SSSR count). The number of hydrogen-bond donors (Lipinski definition) is 0. The minimum absolute atomic E-state index is 0.0242. The fourth-order valence-electron chi connectivity index (χ4n) is 3.71. The molecule has 2 aromatic rings. The number of fused-ring (bicyclic) bond motifs is 1. The first kappa shape index (κ1) is 21.0. The van der Waals surface area contributed by atoms with Crippen LogP contribution in [0, 0.1) is 0 Å². The summed E-state index contributed by atoms with van der Waals surface area (Å²) in [4.78, 5) is 28.7. The molecule has 6 nitrogen and oxygen atoms in total. The van der Waals surface area contributed by atoms with E-state index in [1.165, 1.54) is 17.0 Å². The monoisotopic (exact) mass is 434 g/mol. The Bertz CT molecular complexity index is 987. The van der Waals surface area contributed by atoms with Crippen molar-refractivity contribution < 1.29 is 32.2 Å². The fraction of sp³-hybridized carbons (Fsp3) is 0.364. The van der Waals surface area contributed by atoms with Gasteiger partial charge in [0.15, 0.2) is 11.5 Å². The maximum Gasteiger partial charge on any atom is 0.416 e. The fourth-order valence-corrected chi connectivity index (χ4v) is 3.71. The maximum atomic E-state index is 13.0. The third kappa shape index (κ3) is 4.30. The molecule has 164 valence electrons. The molecule has 2 atom stereocenters. The third-order valence-electron chi connectivity index (χ3n) is 5.40. The molecule has 2 aliphatic rings. The van der Waals surface area contributed by atoms with Crippen molar-refractivity contribution in [3.63, 3.8) is 0 Å². The zero-order valence-electron chi connectivity index (χ0n) is 16.8. The molecule has 2 aliphatic heterocycles. The van der Waals surface area contributed by atoms with Crippen LogP contribution in [-0.4, -0.2) is 60.0 Å². The number of ether oxygens (including phenoxy) is 2. The third-order valence-corrected chi connectivity index (χ3v) is 5.40. The highest BCUT2D eigenvalue weighted by Gasteiger charge is 2.38. The number of hydrogen-bond acceptors (Lipinski definition) is 4. The molecule has 1 fully saturated rings. The number of carbonyl (C=O) groups is 2. The number of halogens is 3. The highest BCUT2D eigenvalue weighted by atomic mass is 19.4. The summed E-state index contributed by atoms with van der Waals surface area (Å²) in [5.41, 5.74) is -0.889. The Balaban J connectivity index is 1.39. The predicted molar refractivity (Wildman–Crippen MR) is 105 cm³/mol. The molecule has 0 N–H and O–H groups in total. The van der Waals surface area contributed by atoms with E-state index in [0.717, 1.165) is 12.1 Å². The first-order chi connectivity index (χ1) is 14.7. The topological polar surface area (TPSA) is 59.1 Å². The van der Waals surface area contributed by atoms with Crippen molar-refractivity contribution in [2.45, 2.75) is 25.3 Å². The Kier molecular flexibility index (Phi) is 5.51. The van der Waals surface area contributed by atoms with Gasteiger partial charge in [0.25, 0.3) is 11.8 Å². The number of rotatable bonds is 2. The number of benzene rings is 2. The van der Waals surface area contributed by atoms with E-state index >= 15 is 0 Å². The number of carbonyl (C=O) groups excluding carboxylic acids is 2. The van der Waals surface area contributed by atoms with Crippen LogP contribution in [-0.2, 0) is 11.0 Å². The lowest BCUT2D eigenvalue weighted by atomic mass is 10.1. The van der Waals surface area contributed by atoms with E-state index in [9.17, 15) is 22.8 Å². The van der Waals surface area contributed by atoms with Gasteiger partial charge in [-0.2, -0.15) is 13.2 Å². The number of nitrogens with zero attached hydrogens (tertiary/aromatic N) is 2. The normalized spacial score (nSPS) is 21.0. The van der Waals surface area contributed by atoms with Gasteiger partial charge in [-0.25, -0.2) is 0 Å². The van der Waals surface area contributed by atoms with Gasteiger partial charge in [0.05, 0.1) is 5.56 Å². The molecule has 0 bridgehead atoms. The van der Waals surface area contributed by atoms with E-state index in [2.05, 4.69) is 0 Å². The average molecular weight is 434 g/mol. The van der Waals surface area contributed by atoms with E-state index in [0.29, 0.717) is 11.5 Å². The summed E-state index contributed by atoms with van der Waals surface area (Å²) in [6, 6.07) is 11.5. The molecule has 0 aliphatic carbocycles. The van der Waals surface area contributed by atoms with Crippen molar-refractivity contribution in [1.29, 1.82) is 0 Å². The Morgan fingerprint density at radius 1 is 0.903 bits per heavy atom. The molecule has 2 unspecified atom stereocenters. The van der Waals surface area contributed by atoms with Crippen molar-refractivity contribution >= 4 is 11.8 Å². The van der Waals surface area contributed by atoms with Crippen LogP contribution in [0.15, 0.2) is 48.5 Å². The Hall–Kier alpha value is -3.23. The molecule has 2 heterocycles. The number of amides is 2. The van der Waals surface area contributed by atoms with Crippen LogP contribution >= 0.6 is 0 Å². The summed E-state index contributed by atoms with van der Waals surface area (Å²) in [6.45, 7) is 2.72. The van der Waals surface area contributed by atoms with Gasteiger partial charge in [0.2, 0.25) is 6.10 Å². The second-order valence-corrected chi connectivity index (χ2v) is 7.50. The van der Waals surface area contributed by atoms with E-state index < -0.39 is 29.9 Å². The van der Waals surface area contributed by atoms with Crippen LogP contribution in [0.25, 0.3) is 0 Å². The SMILES string of the molecule is CC1Oc2ccccc2OC1C(=O)N1CCN(C(=O)c2cccc(C(F)(F)F)c2)CC1. The Morgan fingerprint density at radius 3 is 2.16 bits per heavy atom. The number of para-hydroxylation sites is 2. The minimum Gasteiger partial charge on any atom is -0.482 e. The molecular weight excluding hydrogens is 413 g/mol. The lowest BCUT2D eigenvalue weighted by molar-refractivity contribution is -0.145. The summed E-state index contributed by atoms with van der Waals surface area (Å²) in [5, 5.41) is 0. The molecule has 2 amide bonds. The van der Waals surface area contributed by atoms with E-state index in [-0.39, 0.29) is 37.6 Å². The summed E-state index contributed by atoms with van der Waals surface area (Å²) in [7, 11) is 0. The van der Waals surface area contributed by atoms with Gasteiger partial charge in [-0.1, -0.05) is 18.2 Å². The zero-order valence-corrected chi connectivity index (χ0v) is 16.8. The molecule has 0 radical (unpaired) electrons. The molecule has 9 heteroatoms. The lowest BCUT2D eigenvalue weighted by Gasteiger charge is -2.38. The first-order valence-electron chi connectivity index (χ1n) is 9.92. The summed E-state index contributed by atoms with van der Waals surface area (Å²) in [5.74, 6) is 0.346. The maximum absolute atomic E-state index is 13.0. The second kappa shape index (κ2) is 8.13. The number of piperazine rings is 1. The lowest BCUT2D eigenvalue weighted by Crippen LogP contribution is -2.56. The highest BCUT2D eigenvalue weighted by molar-refractivity contribution is 5.94. The molecule has 0 spiro atoms. The molecule has 0 aromatic heterocycles. The Morgan fingerprint density at radius 2 is 1.52 bits per heavy atom. The Labute approximate surface area is 177 Å². The molecule has 31 heavy (non-hydrogen) atoms. The van der Waals surface area contributed by atoms with E-state index in [1.807, 2.05) is 6.07 Å². The van der Waals surface area contributed by atoms with Gasteiger partial charge in [0.1, 0.15) is 6.10 Å². The van der Waals surface area contributed by atoms with Crippen molar-refractivity contribution in [2.75, 3.05) is 26.2 Å². The van der Waals surface area contributed by atoms with E-state index in [1.54, 1.807) is 30.0 Å². The molecule has 1 saturated heterocycles. The van der Waals surface area contributed by atoms with Crippen molar-refractivity contribution in [2.24, 2.45) is 0 Å². The van der Waals surface area contributed by atoms with Gasteiger partial charge in [0, 0.05) is 31.7 Å². The van der Waals surface area contributed by atoms with Crippen LogP contribution in [0.4, 0.5) is 13.2 Å². The summed E-state index contributed by atoms with van der Waals surface area (Å²) in [6.07, 6.45) is -5.80. The van der Waals surface area contributed by atoms with Gasteiger partial charge in [-0.15, -0.1) is 0 Å². The quantitative estimate of drug-likeness (QED) is 0.729. The van der Waals surface area contributed by atoms with Crippen molar-refractivity contribution in [1.82, 2.24) is 9.80 Å². The second-order valence-electron chi connectivity index (χ2n) is 7.50. The summed E-state index contributed by atoms with van der Waals surface area (Å²) < 4.78 is 50.4. The minimum atomic E-state index is -4.52. The highest BCUT2D eigenvalue weighted by Crippen LogP contribution is 2.34. The molecule has 2 aromatic carbocycles. The predicted octanol–water partition coefficient (Wildman–Crippen LogP) is 3.22. The summed E-state index contributed by atoms with van der Waals surface area (Å²) >= 11 is 0. The van der Waals surface area contributed by atoms with E-state index in [4.69, 9.17) is 9.47 Å². The molecule has 0 saturated carbocycles. The smallest absolute Gasteiger partial charge is 0.416 e. The van der Waals surface area contributed by atoms with Gasteiger partial charge < -0.3 is 19.3 Å². The van der Waals surface area contributed by atoms with Gasteiger partial charge in [-0.05, 0) is 37.3 Å². The van der Waals surface area contributed by atoms with Crippen LogP contribution in [0.2, 0.25) is 0 Å².